The third-order valence-corrected chi connectivity index (χ3v) is 5.59. The van der Waals surface area contributed by atoms with Crippen LogP contribution in [0.5, 0.6) is 0 Å². The summed E-state index contributed by atoms with van der Waals surface area (Å²) in [6.07, 6.45) is 6.07. The molecule has 19 heavy (non-hydrogen) atoms. The maximum atomic E-state index is 6.20. The van der Waals surface area contributed by atoms with E-state index < -0.39 is 0 Å². The summed E-state index contributed by atoms with van der Waals surface area (Å²) in [6.45, 7) is 5.06. The molecule has 2 aliphatic heterocycles. The molecule has 2 rings (SSSR count). The van der Waals surface area contributed by atoms with Gasteiger partial charge in [-0.15, -0.1) is 0 Å². The molecular weight excluding hydrogens is 258 g/mol. The van der Waals surface area contributed by atoms with Gasteiger partial charge in [-0.3, -0.25) is 0 Å². The molecule has 0 aliphatic carbocycles. The van der Waals surface area contributed by atoms with Crippen LogP contribution >= 0.6 is 11.8 Å². The van der Waals surface area contributed by atoms with E-state index in [0.717, 1.165) is 32.1 Å². The molecule has 2 heterocycles. The molecule has 0 amide bonds. The second kappa shape index (κ2) is 7.87. The third-order valence-electron chi connectivity index (χ3n) is 4.60. The fourth-order valence-electron chi connectivity index (χ4n) is 3.51. The van der Waals surface area contributed by atoms with Gasteiger partial charge < -0.3 is 14.8 Å². The van der Waals surface area contributed by atoms with Crippen molar-refractivity contribution in [3.8, 4) is 0 Å². The van der Waals surface area contributed by atoms with Crippen molar-refractivity contribution in [2.75, 3.05) is 38.4 Å². The lowest BCUT2D eigenvalue weighted by Gasteiger charge is -2.45. The van der Waals surface area contributed by atoms with E-state index in [1.54, 1.807) is 7.11 Å². The highest BCUT2D eigenvalue weighted by Crippen LogP contribution is 2.41. The molecule has 2 aliphatic rings. The molecule has 1 N–H and O–H groups in total. The lowest BCUT2D eigenvalue weighted by molar-refractivity contribution is -0.108. The Bertz CT molecular complexity index is 251. The highest BCUT2D eigenvalue weighted by molar-refractivity contribution is 7.99. The standard InChI is InChI=1S/C15H29NO2S/c1-3-16-14(5-8-17-2)13-4-9-18-15(12-13)6-10-19-11-7-15/h13-14,16H,3-12H2,1-2H3. The fraction of sp³-hybridized carbons (Fsp3) is 1.00. The van der Waals surface area contributed by atoms with Crippen molar-refractivity contribution in [2.45, 2.75) is 50.7 Å². The Morgan fingerprint density at radius 3 is 2.89 bits per heavy atom. The van der Waals surface area contributed by atoms with Gasteiger partial charge in [0.1, 0.15) is 0 Å². The van der Waals surface area contributed by atoms with Gasteiger partial charge in [-0.05, 0) is 56.1 Å². The highest BCUT2D eigenvalue weighted by Gasteiger charge is 2.40. The number of rotatable bonds is 6. The maximum absolute atomic E-state index is 6.20. The topological polar surface area (TPSA) is 30.5 Å². The predicted molar refractivity (Wildman–Crippen MR) is 81.9 cm³/mol. The van der Waals surface area contributed by atoms with Crippen molar-refractivity contribution in [1.82, 2.24) is 5.32 Å². The van der Waals surface area contributed by atoms with E-state index in [1.807, 2.05) is 0 Å². The monoisotopic (exact) mass is 287 g/mol. The Labute approximate surface area is 122 Å². The van der Waals surface area contributed by atoms with Gasteiger partial charge in [0, 0.05) is 26.4 Å². The molecule has 2 fully saturated rings. The molecular formula is C15H29NO2S. The smallest absolute Gasteiger partial charge is 0.0701 e. The van der Waals surface area contributed by atoms with Gasteiger partial charge >= 0.3 is 0 Å². The third kappa shape index (κ3) is 4.35. The molecule has 0 aromatic carbocycles. The zero-order valence-corrected chi connectivity index (χ0v) is 13.3. The minimum absolute atomic E-state index is 0.203. The predicted octanol–water partition coefficient (Wildman–Crippen LogP) is 2.69. The van der Waals surface area contributed by atoms with Crippen molar-refractivity contribution in [3.05, 3.63) is 0 Å². The molecule has 2 unspecified atom stereocenters. The molecule has 0 saturated carbocycles. The minimum atomic E-state index is 0.203. The normalized spacial score (nSPS) is 28.4. The van der Waals surface area contributed by atoms with Crippen LogP contribution in [-0.4, -0.2) is 50.0 Å². The summed E-state index contributed by atoms with van der Waals surface area (Å²) in [4.78, 5) is 0. The van der Waals surface area contributed by atoms with Crippen molar-refractivity contribution < 1.29 is 9.47 Å². The second-order valence-corrected chi connectivity index (χ2v) is 7.07. The van der Waals surface area contributed by atoms with Crippen LogP contribution in [0.25, 0.3) is 0 Å². The zero-order chi connectivity index (χ0) is 13.6. The van der Waals surface area contributed by atoms with Gasteiger partial charge in [0.25, 0.3) is 0 Å². The minimum Gasteiger partial charge on any atom is -0.385 e. The molecule has 0 radical (unpaired) electrons. The largest absolute Gasteiger partial charge is 0.385 e. The Hall–Kier alpha value is 0.230. The van der Waals surface area contributed by atoms with Crippen LogP contribution in [0.2, 0.25) is 0 Å². The van der Waals surface area contributed by atoms with E-state index in [0.29, 0.717) is 6.04 Å². The van der Waals surface area contributed by atoms with E-state index in [9.17, 15) is 0 Å². The average molecular weight is 287 g/mol. The summed E-state index contributed by atoms with van der Waals surface area (Å²) in [5.74, 6) is 3.31. The maximum Gasteiger partial charge on any atom is 0.0701 e. The quantitative estimate of drug-likeness (QED) is 0.813. The molecule has 2 saturated heterocycles. The van der Waals surface area contributed by atoms with E-state index in [1.165, 1.54) is 37.2 Å². The molecule has 0 aromatic rings. The molecule has 3 nitrogen and oxygen atoms in total. The molecule has 1 spiro atoms. The summed E-state index contributed by atoms with van der Waals surface area (Å²) in [6, 6.07) is 0.598. The number of hydrogen-bond acceptors (Lipinski definition) is 4. The zero-order valence-electron chi connectivity index (χ0n) is 12.5. The molecule has 4 heteroatoms. The van der Waals surface area contributed by atoms with Crippen molar-refractivity contribution in [1.29, 1.82) is 0 Å². The number of thioether (sulfide) groups is 1. The van der Waals surface area contributed by atoms with Crippen LogP contribution in [0.1, 0.15) is 39.0 Å². The van der Waals surface area contributed by atoms with E-state index in [-0.39, 0.29) is 5.60 Å². The number of nitrogens with one attached hydrogen (secondary N) is 1. The first-order chi connectivity index (χ1) is 9.29. The van der Waals surface area contributed by atoms with Gasteiger partial charge in [0.15, 0.2) is 0 Å². The molecule has 0 aromatic heterocycles. The Morgan fingerprint density at radius 1 is 1.42 bits per heavy atom. The van der Waals surface area contributed by atoms with Crippen LogP contribution < -0.4 is 5.32 Å². The number of methoxy groups -OCH3 is 1. The molecule has 0 bridgehead atoms. The van der Waals surface area contributed by atoms with Crippen LogP contribution in [0.3, 0.4) is 0 Å². The SMILES string of the molecule is CCNC(CCOC)C1CCOC2(CCSCC2)C1. The van der Waals surface area contributed by atoms with E-state index in [2.05, 4.69) is 24.0 Å². The van der Waals surface area contributed by atoms with Crippen molar-refractivity contribution in [3.63, 3.8) is 0 Å². The van der Waals surface area contributed by atoms with E-state index in [4.69, 9.17) is 9.47 Å². The molecule has 112 valence electrons. The van der Waals surface area contributed by atoms with Crippen LogP contribution in [0.4, 0.5) is 0 Å². The van der Waals surface area contributed by atoms with Crippen LogP contribution in [0.15, 0.2) is 0 Å². The lowest BCUT2D eigenvalue weighted by Crippen LogP contribution is -2.48. The average Bonchev–Trinajstić information content (AvgIpc) is 2.44. The number of hydrogen-bond donors (Lipinski definition) is 1. The Balaban J connectivity index is 1.93. The van der Waals surface area contributed by atoms with Crippen molar-refractivity contribution >= 4 is 11.8 Å². The van der Waals surface area contributed by atoms with Gasteiger partial charge in [-0.25, -0.2) is 0 Å². The van der Waals surface area contributed by atoms with E-state index >= 15 is 0 Å². The first-order valence-corrected chi connectivity index (χ1v) is 8.89. The Morgan fingerprint density at radius 2 is 2.21 bits per heavy atom. The molecule has 2 atom stereocenters. The lowest BCUT2D eigenvalue weighted by atomic mass is 9.78. The Kier molecular flexibility index (Phi) is 6.46. The summed E-state index contributed by atoms with van der Waals surface area (Å²) in [5, 5.41) is 3.67. The van der Waals surface area contributed by atoms with Crippen LogP contribution in [0, 0.1) is 5.92 Å². The second-order valence-electron chi connectivity index (χ2n) is 5.84. The first-order valence-electron chi connectivity index (χ1n) is 7.74. The van der Waals surface area contributed by atoms with Crippen molar-refractivity contribution in [2.24, 2.45) is 5.92 Å². The summed E-state index contributed by atoms with van der Waals surface area (Å²) in [7, 11) is 1.80. The van der Waals surface area contributed by atoms with Gasteiger partial charge in [0.05, 0.1) is 5.60 Å². The van der Waals surface area contributed by atoms with Gasteiger partial charge in [-0.2, -0.15) is 11.8 Å². The summed E-state index contributed by atoms with van der Waals surface area (Å²) in [5.41, 5.74) is 0.203. The summed E-state index contributed by atoms with van der Waals surface area (Å²) < 4.78 is 11.5. The summed E-state index contributed by atoms with van der Waals surface area (Å²) >= 11 is 2.08. The fourth-order valence-corrected chi connectivity index (χ4v) is 4.75. The van der Waals surface area contributed by atoms with Gasteiger partial charge in [-0.1, -0.05) is 6.92 Å². The van der Waals surface area contributed by atoms with Gasteiger partial charge in [0.2, 0.25) is 0 Å². The number of ether oxygens (including phenoxy) is 2. The van der Waals surface area contributed by atoms with Crippen LogP contribution in [-0.2, 0) is 9.47 Å². The first kappa shape index (κ1) is 15.6. The highest BCUT2D eigenvalue weighted by atomic mass is 32.2.